The first-order valence-electron chi connectivity index (χ1n) is 5.76. The zero-order valence-corrected chi connectivity index (χ0v) is 10.6. The van der Waals surface area contributed by atoms with Gasteiger partial charge in [0.15, 0.2) is 0 Å². The zero-order valence-electron chi connectivity index (χ0n) is 10.6. The number of rotatable bonds is 3. The smallest absolute Gasteiger partial charge is 0.340 e. The Morgan fingerprint density at radius 3 is 2.72 bits per heavy atom. The van der Waals surface area contributed by atoms with Gasteiger partial charge in [-0.25, -0.2) is 4.79 Å². The molecule has 4 nitrogen and oxygen atoms in total. The monoisotopic (exact) mass is 245 g/mol. The van der Waals surface area contributed by atoms with E-state index in [-0.39, 0.29) is 12.1 Å². The van der Waals surface area contributed by atoms with Gasteiger partial charge in [-0.1, -0.05) is 0 Å². The maximum atomic E-state index is 12.0. The van der Waals surface area contributed by atoms with Crippen LogP contribution in [0.5, 0.6) is 5.75 Å². The number of esters is 1. The molecule has 0 amide bonds. The Labute approximate surface area is 106 Å². The second-order valence-corrected chi connectivity index (χ2v) is 4.17. The van der Waals surface area contributed by atoms with Crippen molar-refractivity contribution in [1.82, 2.24) is 4.98 Å². The summed E-state index contributed by atoms with van der Waals surface area (Å²) < 4.78 is 10.4. The molecule has 0 aliphatic heterocycles. The van der Waals surface area contributed by atoms with Crippen LogP contribution in [0.25, 0.3) is 10.9 Å². The van der Waals surface area contributed by atoms with Crippen molar-refractivity contribution in [1.29, 1.82) is 0 Å². The molecule has 0 aliphatic rings. The van der Waals surface area contributed by atoms with Crippen molar-refractivity contribution < 1.29 is 14.3 Å². The third kappa shape index (κ3) is 2.27. The minimum atomic E-state index is -0.364. The third-order valence-corrected chi connectivity index (χ3v) is 2.51. The van der Waals surface area contributed by atoms with E-state index < -0.39 is 0 Å². The number of nitrogens with zero attached hydrogens (tertiary/aromatic N) is 1. The molecule has 2 aromatic rings. The summed E-state index contributed by atoms with van der Waals surface area (Å²) in [5.74, 6) is 0.329. The molecule has 0 fully saturated rings. The van der Waals surface area contributed by atoms with Gasteiger partial charge in [0.05, 0.1) is 24.3 Å². The highest BCUT2D eigenvalue weighted by molar-refractivity contribution is 6.04. The first-order chi connectivity index (χ1) is 8.63. The number of aromatic nitrogens is 1. The molecule has 0 saturated carbocycles. The van der Waals surface area contributed by atoms with Gasteiger partial charge in [-0.05, 0) is 38.1 Å². The molecule has 1 aromatic carbocycles. The number of ether oxygens (including phenoxy) is 2. The van der Waals surface area contributed by atoms with E-state index in [0.717, 1.165) is 5.39 Å². The number of hydrogen-bond acceptors (Lipinski definition) is 4. The van der Waals surface area contributed by atoms with E-state index >= 15 is 0 Å². The summed E-state index contributed by atoms with van der Waals surface area (Å²) in [6.07, 6.45) is 1.49. The average molecular weight is 245 g/mol. The van der Waals surface area contributed by atoms with Crippen molar-refractivity contribution in [3.63, 3.8) is 0 Å². The van der Waals surface area contributed by atoms with E-state index in [1.807, 2.05) is 26.0 Å². The number of hydrogen-bond donors (Lipinski definition) is 0. The summed E-state index contributed by atoms with van der Waals surface area (Å²) in [6, 6.07) is 7.11. The lowest BCUT2D eigenvalue weighted by atomic mass is 10.1. The highest BCUT2D eigenvalue weighted by atomic mass is 16.5. The van der Waals surface area contributed by atoms with Gasteiger partial charge in [0.1, 0.15) is 5.75 Å². The van der Waals surface area contributed by atoms with Gasteiger partial charge in [0.25, 0.3) is 0 Å². The SMILES string of the molecule is COc1ccc(C(=O)OC(C)C)c2ncccc12. The van der Waals surface area contributed by atoms with E-state index in [9.17, 15) is 4.79 Å². The lowest BCUT2D eigenvalue weighted by Crippen LogP contribution is -2.12. The van der Waals surface area contributed by atoms with Crippen molar-refractivity contribution in [2.24, 2.45) is 0 Å². The molecule has 0 N–H and O–H groups in total. The van der Waals surface area contributed by atoms with E-state index in [2.05, 4.69) is 4.98 Å². The summed E-state index contributed by atoms with van der Waals surface area (Å²) in [5.41, 5.74) is 1.06. The number of fused-ring (bicyclic) bond motifs is 1. The number of carbonyl (C=O) groups is 1. The van der Waals surface area contributed by atoms with Crippen LogP contribution in [0.4, 0.5) is 0 Å². The van der Waals surface area contributed by atoms with Crippen molar-refractivity contribution in [3.05, 3.63) is 36.0 Å². The molecule has 0 atom stereocenters. The normalized spacial score (nSPS) is 10.7. The highest BCUT2D eigenvalue weighted by Gasteiger charge is 2.15. The summed E-state index contributed by atoms with van der Waals surface area (Å²) >= 11 is 0. The van der Waals surface area contributed by atoms with Crippen molar-refractivity contribution >= 4 is 16.9 Å². The topological polar surface area (TPSA) is 48.4 Å². The van der Waals surface area contributed by atoms with Crippen LogP contribution in [0.15, 0.2) is 30.5 Å². The highest BCUT2D eigenvalue weighted by Crippen LogP contribution is 2.27. The molecule has 0 aliphatic carbocycles. The van der Waals surface area contributed by atoms with Crippen LogP contribution in [0, 0.1) is 0 Å². The molecule has 4 heteroatoms. The Bertz CT molecular complexity index is 578. The Morgan fingerprint density at radius 1 is 1.28 bits per heavy atom. The van der Waals surface area contributed by atoms with Gasteiger partial charge in [-0.15, -0.1) is 0 Å². The Kier molecular flexibility index (Phi) is 3.46. The number of pyridine rings is 1. The third-order valence-electron chi connectivity index (χ3n) is 2.51. The molecule has 0 radical (unpaired) electrons. The molecular formula is C14H15NO3. The van der Waals surface area contributed by atoms with Gasteiger partial charge in [0.2, 0.25) is 0 Å². The fourth-order valence-corrected chi connectivity index (χ4v) is 1.77. The maximum absolute atomic E-state index is 12.0. The van der Waals surface area contributed by atoms with Crippen molar-refractivity contribution in [3.8, 4) is 5.75 Å². The number of carbonyl (C=O) groups excluding carboxylic acids is 1. The van der Waals surface area contributed by atoms with E-state index in [0.29, 0.717) is 16.8 Å². The van der Waals surface area contributed by atoms with E-state index in [1.54, 1.807) is 25.4 Å². The predicted molar refractivity (Wildman–Crippen MR) is 68.8 cm³/mol. The summed E-state index contributed by atoms with van der Waals surface area (Å²) in [4.78, 5) is 16.2. The number of benzene rings is 1. The minimum absolute atomic E-state index is 0.154. The van der Waals surface area contributed by atoms with Crippen molar-refractivity contribution in [2.45, 2.75) is 20.0 Å². The van der Waals surface area contributed by atoms with Crippen LogP contribution in [0.1, 0.15) is 24.2 Å². The van der Waals surface area contributed by atoms with Gasteiger partial charge in [-0.2, -0.15) is 0 Å². The number of methoxy groups -OCH3 is 1. The van der Waals surface area contributed by atoms with Gasteiger partial charge in [0, 0.05) is 11.6 Å². The second-order valence-electron chi connectivity index (χ2n) is 4.17. The minimum Gasteiger partial charge on any atom is -0.496 e. The van der Waals surface area contributed by atoms with Crippen LogP contribution < -0.4 is 4.74 Å². The molecule has 1 aromatic heterocycles. The van der Waals surface area contributed by atoms with Crippen molar-refractivity contribution in [2.75, 3.05) is 7.11 Å². The molecule has 0 unspecified atom stereocenters. The Balaban J connectivity index is 2.56. The molecule has 0 bridgehead atoms. The van der Waals surface area contributed by atoms with Crippen LogP contribution >= 0.6 is 0 Å². The van der Waals surface area contributed by atoms with Gasteiger partial charge >= 0.3 is 5.97 Å². The zero-order chi connectivity index (χ0) is 13.1. The quantitative estimate of drug-likeness (QED) is 0.780. The standard InChI is InChI=1S/C14H15NO3/c1-9(2)18-14(16)11-6-7-12(17-3)10-5-4-8-15-13(10)11/h4-9H,1-3H3. The lowest BCUT2D eigenvalue weighted by Gasteiger charge is -2.11. The fourth-order valence-electron chi connectivity index (χ4n) is 1.77. The Morgan fingerprint density at radius 2 is 2.06 bits per heavy atom. The molecule has 94 valence electrons. The van der Waals surface area contributed by atoms with Crippen LogP contribution in [-0.2, 0) is 4.74 Å². The largest absolute Gasteiger partial charge is 0.496 e. The summed E-state index contributed by atoms with van der Waals surface area (Å²) in [6.45, 7) is 3.63. The Hall–Kier alpha value is -2.10. The second kappa shape index (κ2) is 5.04. The van der Waals surface area contributed by atoms with E-state index in [1.165, 1.54) is 0 Å². The predicted octanol–water partition coefficient (Wildman–Crippen LogP) is 2.81. The summed E-state index contributed by atoms with van der Waals surface area (Å²) in [5, 5.41) is 0.804. The summed E-state index contributed by atoms with van der Waals surface area (Å²) in [7, 11) is 1.59. The van der Waals surface area contributed by atoms with E-state index in [4.69, 9.17) is 9.47 Å². The molecule has 0 spiro atoms. The maximum Gasteiger partial charge on any atom is 0.340 e. The molecule has 0 saturated heterocycles. The lowest BCUT2D eigenvalue weighted by molar-refractivity contribution is 0.0380. The van der Waals surface area contributed by atoms with Crippen LogP contribution in [-0.4, -0.2) is 24.2 Å². The molecule has 1 heterocycles. The average Bonchev–Trinajstić information content (AvgIpc) is 2.36. The van der Waals surface area contributed by atoms with Crippen LogP contribution in [0.2, 0.25) is 0 Å². The van der Waals surface area contributed by atoms with Crippen LogP contribution in [0.3, 0.4) is 0 Å². The van der Waals surface area contributed by atoms with Gasteiger partial charge in [-0.3, -0.25) is 4.98 Å². The first-order valence-corrected chi connectivity index (χ1v) is 5.76. The molecule has 18 heavy (non-hydrogen) atoms. The van der Waals surface area contributed by atoms with Gasteiger partial charge < -0.3 is 9.47 Å². The fraction of sp³-hybridized carbons (Fsp3) is 0.286. The molecule has 2 rings (SSSR count). The molecular weight excluding hydrogens is 230 g/mol. The first kappa shape index (κ1) is 12.4.